The first-order valence-electron chi connectivity index (χ1n) is 10.4. The van der Waals surface area contributed by atoms with Crippen molar-refractivity contribution in [2.75, 3.05) is 0 Å². The highest BCUT2D eigenvalue weighted by Gasteiger charge is 3.01. The first kappa shape index (κ1) is 8.74. The average Bonchev–Trinajstić information content (AvgIpc) is 3.10. The van der Waals surface area contributed by atoms with E-state index >= 15 is 0 Å². The van der Waals surface area contributed by atoms with E-state index in [-0.39, 0.29) is 0 Å². The van der Waals surface area contributed by atoms with Gasteiger partial charge in [-0.3, -0.25) is 0 Å². The van der Waals surface area contributed by atoms with Crippen molar-refractivity contribution in [2.24, 2.45) is 118 Å². The molecule has 0 amide bonds. The van der Waals surface area contributed by atoms with E-state index < -0.39 is 0 Å². The van der Waals surface area contributed by atoms with E-state index in [4.69, 9.17) is 0 Å². The van der Waals surface area contributed by atoms with E-state index in [0.717, 1.165) is 5.41 Å². The second-order valence-electron chi connectivity index (χ2n) is 12.2. The fourth-order valence-corrected chi connectivity index (χ4v) is 16.0. The summed E-state index contributed by atoms with van der Waals surface area (Å²) < 4.78 is 0. The molecule has 0 aromatic rings. The van der Waals surface area contributed by atoms with Gasteiger partial charge in [0.05, 0.1) is 0 Å². The minimum atomic E-state index is 0.901. The Morgan fingerprint density at radius 2 is 0.524 bits per heavy atom. The maximum Gasteiger partial charge on any atom is -0.0224 e. The van der Waals surface area contributed by atoms with Crippen LogP contribution in [0, 0.1) is 118 Å². The van der Waals surface area contributed by atoms with E-state index in [1.807, 2.05) is 0 Å². The van der Waals surface area contributed by atoms with Crippen molar-refractivity contribution < 1.29 is 0 Å². The monoisotopic (exact) mass is 274 g/mol. The molecule has 0 radical (unpaired) electrons. The van der Waals surface area contributed by atoms with Crippen LogP contribution in [0.1, 0.15) is 6.92 Å². The lowest BCUT2D eigenvalue weighted by Gasteiger charge is -2.36. The molecule has 0 saturated heterocycles. The van der Waals surface area contributed by atoms with Gasteiger partial charge in [0, 0.05) is 0 Å². The molecule has 12 rings (SSSR count). The van der Waals surface area contributed by atoms with E-state index in [2.05, 4.69) is 6.92 Å². The van der Waals surface area contributed by atoms with Gasteiger partial charge in [-0.25, -0.2) is 0 Å². The highest BCUT2D eigenvalue weighted by molar-refractivity contribution is 5.47. The Morgan fingerprint density at radius 1 is 0.333 bits per heavy atom. The molecule has 20 atom stereocenters. The van der Waals surface area contributed by atoms with Crippen LogP contribution in [0.25, 0.3) is 0 Å². The second-order valence-corrected chi connectivity index (χ2v) is 12.2. The summed E-state index contributed by atoms with van der Waals surface area (Å²) in [7, 11) is 0. The minimum absolute atomic E-state index is 0.901. The summed E-state index contributed by atoms with van der Waals surface area (Å²) in [6, 6.07) is 0. The van der Waals surface area contributed by atoms with Crippen molar-refractivity contribution in [2.45, 2.75) is 6.92 Å². The molecule has 0 aliphatic heterocycles. The van der Waals surface area contributed by atoms with Crippen molar-refractivity contribution in [1.82, 2.24) is 0 Å². The SMILES string of the molecule is CC12C3[C@@H]4[C@@H]5C6C7C8[C@@H]9[C@@H]6[C@@H]4C1[C@@H]9[C@@H]1C2[C@H]2[C@@H](C7[C@@H]5[C@@H]32)[C@H]81. The minimum Gasteiger partial charge on any atom is -0.0588 e. The Bertz CT molecular complexity index is 605. The molecule has 0 bridgehead atoms. The zero-order chi connectivity index (χ0) is 12.5. The lowest BCUT2D eigenvalue weighted by atomic mass is 9.68. The van der Waals surface area contributed by atoms with Gasteiger partial charge < -0.3 is 0 Å². The number of hydrogen-bond donors (Lipinski definition) is 0. The smallest absolute Gasteiger partial charge is 0.0224 e. The van der Waals surface area contributed by atoms with Gasteiger partial charge in [-0.15, -0.1) is 0 Å². The molecule has 21 heavy (non-hydrogen) atoms. The summed E-state index contributed by atoms with van der Waals surface area (Å²) >= 11 is 0. The molecule has 106 valence electrons. The van der Waals surface area contributed by atoms with Crippen molar-refractivity contribution in [3.05, 3.63) is 0 Å². The normalized spacial score (nSPS) is 107. The van der Waals surface area contributed by atoms with Crippen LogP contribution >= 0.6 is 0 Å². The Morgan fingerprint density at radius 3 is 0.762 bits per heavy atom. The summed E-state index contributed by atoms with van der Waals surface area (Å²) in [6.45, 7) is 2.89. The molecule has 0 heteroatoms. The first-order chi connectivity index (χ1) is 10.4. The molecule has 12 aliphatic carbocycles. The molecule has 0 aromatic carbocycles. The number of hydrogen-bond acceptors (Lipinski definition) is 0. The molecule has 0 nitrogen and oxygen atoms in total. The second kappa shape index (κ2) is 1.82. The third-order valence-electron chi connectivity index (χ3n) is 14.0. The Labute approximate surface area is 125 Å². The molecular formula is C21H22. The van der Waals surface area contributed by atoms with Crippen LogP contribution in [0.2, 0.25) is 0 Å². The molecule has 12 aliphatic rings. The van der Waals surface area contributed by atoms with Crippen molar-refractivity contribution in [1.29, 1.82) is 0 Å². The maximum atomic E-state index is 2.89. The standard InChI is InChI=1S/C21H22/c1-21-18-12-6-3-2-4-8(6)14(18)16-10(4)11-5(2)9-7(3)13(12)19(21)15(9)17(11)20(16)21/h2-20H,1H3/t2?,3?,4?,5?,6-,7-,8-,9+,10+,11+,12-,13+,14+,15+,16-,17-,18?,19?,20?,21?/m0/s1. The Balaban J connectivity index is 1.49. The topological polar surface area (TPSA) is 0 Å². The van der Waals surface area contributed by atoms with Crippen LogP contribution in [0.5, 0.6) is 0 Å². The quantitative estimate of drug-likeness (QED) is 0.637. The lowest BCUT2D eigenvalue weighted by Crippen LogP contribution is -2.33. The van der Waals surface area contributed by atoms with Gasteiger partial charge >= 0.3 is 0 Å². The van der Waals surface area contributed by atoms with Crippen LogP contribution in [-0.2, 0) is 0 Å². The molecule has 12 saturated carbocycles. The predicted molar refractivity (Wildman–Crippen MR) is 74.4 cm³/mol. The molecule has 0 aromatic heterocycles. The van der Waals surface area contributed by atoms with E-state index in [9.17, 15) is 0 Å². The largest absolute Gasteiger partial charge is 0.0588 e. The highest BCUT2D eigenvalue weighted by atomic mass is 15.0. The van der Waals surface area contributed by atoms with Crippen LogP contribution < -0.4 is 0 Å². The van der Waals surface area contributed by atoms with Gasteiger partial charge in [0.15, 0.2) is 0 Å². The predicted octanol–water partition coefficient (Wildman–Crippen LogP) is 2.85. The third kappa shape index (κ3) is 0.408. The van der Waals surface area contributed by atoms with Gasteiger partial charge in [-0.05, 0) is 118 Å². The maximum absolute atomic E-state index is 2.89. The van der Waals surface area contributed by atoms with Gasteiger partial charge in [0.25, 0.3) is 0 Å². The average molecular weight is 274 g/mol. The molecule has 8 unspecified atom stereocenters. The van der Waals surface area contributed by atoms with Crippen molar-refractivity contribution in [3.8, 4) is 0 Å². The molecular weight excluding hydrogens is 252 g/mol. The van der Waals surface area contributed by atoms with E-state index in [1.165, 1.54) is 112 Å². The van der Waals surface area contributed by atoms with Crippen LogP contribution in [0.15, 0.2) is 0 Å². The van der Waals surface area contributed by atoms with Gasteiger partial charge in [-0.1, -0.05) is 6.92 Å². The van der Waals surface area contributed by atoms with Crippen LogP contribution in [0.3, 0.4) is 0 Å². The summed E-state index contributed by atoms with van der Waals surface area (Å²) in [5.74, 6) is 24.8. The van der Waals surface area contributed by atoms with E-state index in [1.54, 1.807) is 0 Å². The molecule has 12 fully saturated rings. The highest BCUT2D eigenvalue weighted by Crippen LogP contribution is 3.04. The van der Waals surface area contributed by atoms with E-state index in [0.29, 0.717) is 0 Å². The number of rotatable bonds is 0. The Hall–Kier alpha value is 0. The summed E-state index contributed by atoms with van der Waals surface area (Å²) in [5.41, 5.74) is 0.901. The van der Waals surface area contributed by atoms with Crippen LogP contribution in [0.4, 0.5) is 0 Å². The first-order valence-corrected chi connectivity index (χ1v) is 10.4. The zero-order valence-electron chi connectivity index (χ0n) is 12.5. The summed E-state index contributed by atoms with van der Waals surface area (Å²) in [4.78, 5) is 0. The van der Waals surface area contributed by atoms with Crippen molar-refractivity contribution in [3.63, 3.8) is 0 Å². The molecule has 0 heterocycles. The molecule has 0 spiro atoms. The zero-order valence-corrected chi connectivity index (χ0v) is 12.5. The van der Waals surface area contributed by atoms with Crippen molar-refractivity contribution >= 4 is 0 Å². The summed E-state index contributed by atoms with van der Waals surface area (Å²) in [6.07, 6.45) is 0. The summed E-state index contributed by atoms with van der Waals surface area (Å²) in [5, 5.41) is 0. The molecule has 0 N–H and O–H groups in total. The fraction of sp³-hybridized carbons (Fsp3) is 1.00. The van der Waals surface area contributed by atoms with Gasteiger partial charge in [0.2, 0.25) is 0 Å². The fourth-order valence-electron chi connectivity index (χ4n) is 16.0. The van der Waals surface area contributed by atoms with Gasteiger partial charge in [0.1, 0.15) is 0 Å². The van der Waals surface area contributed by atoms with Gasteiger partial charge in [-0.2, -0.15) is 0 Å². The lowest BCUT2D eigenvalue weighted by molar-refractivity contribution is 0.104. The third-order valence-corrected chi connectivity index (χ3v) is 14.0. The van der Waals surface area contributed by atoms with Crippen LogP contribution in [-0.4, -0.2) is 0 Å². The Kier molecular flexibility index (Phi) is 0.757.